The highest BCUT2D eigenvalue weighted by Crippen LogP contribution is 2.30. The molecule has 0 unspecified atom stereocenters. The van der Waals surface area contributed by atoms with Crippen molar-refractivity contribution in [1.29, 1.82) is 0 Å². The zero-order valence-electron chi connectivity index (χ0n) is 18.1. The zero-order chi connectivity index (χ0) is 25.0. The van der Waals surface area contributed by atoms with Crippen LogP contribution < -0.4 is 31.1 Å². The second-order valence-electron chi connectivity index (χ2n) is 7.85. The van der Waals surface area contributed by atoms with Gasteiger partial charge in [0.1, 0.15) is 21.6 Å². The van der Waals surface area contributed by atoms with Crippen LogP contribution in [0.5, 0.6) is 0 Å². The molecule has 1 aliphatic rings. The van der Waals surface area contributed by atoms with Gasteiger partial charge in [-0.25, -0.2) is 16.8 Å². The lowest BCUT2D eigenvalue weighted by atomic mass is 10.2. The third kappa shape index (κ3) is 4.13. The first-order valence-corrected chi connectivity index (χ1v) is 13.5. The number of nitrogens with zero attached hydrogens (tertiary/aromatic N) is 3. The third-order valence-electron chi connectivity index (χ3n) is 5.27. The average Bonchev–Trinajstić information content (AvgIpc) is 3.27. The Hall–Kier alpha value is -4.17. The van der Waals surface area contributed by atoms with E-state index in [-0.39, 0.29) is 34.3 Å². The molecule has 3 N–H and O–H groups in total. The summed E-state index contributed by atoms with van der Waals surface area (Å²) in [7, 11) is -7.90. The van der Waals surface area contributed by atoms with Crippen molar-refractivity contribution in [2.75, 3.05) is 16.3 Å². The fourth-order valence-electron chi connectivity index (χ4n) is 3.81. The summed E-state index contributed by atoms with van der Waals surface area (Å²) >= 11 is 0. The summed E-state index contributed by atoms with van der Waals surface area (Å²) in [5.74, 6) is -0.324. The number of anilines is 2. The molecule has 4 aromatic rings. The molecule has 0 spiro atoms. The molecule has 3 heterocycles. The maximum Gasteiger partial charge on any atom is 0.289 e. The SMILES string of the molecule is CS(=O)(=O)Nc1ccc2c(c1)S(=O)(=O)N/C(=c1/c(=O)n(Cc3ccccc3)c3ccnn3c1=O)N2. The van der Waals surface area contributed by atoms with Gasteiger partial charge >= 0.3 is 0 Å². The molecule has 14 heteroatoms. The van der Waals surface area contributed by atoms with E-state index in [1.54, 1.807) is 0 Å². The van der Waals surface area contributed by atoms with Crippen LogP contribution in [0.1, 0.15) is 5.56 Å². The summed E-state index contributed by atoms with van der Waals surface area (Å²) in [5, 5.41) is 6.35. The van der Waals surface area contributed by atoms with Gasteiger partial charge in [-0.2, -0.15) is 9.61 Å². The predicted molar refractivity (Wildman–Crippen MR) is 129 cm³/mol. The molecule has 0 saturated carbocycles. The van der Waals surface area contributed by atoms with Gasteiger partial charge in [0.05, 0.1) is 24.7 Å². The zero-order valence-corrected chi connectivity index (χ0v) is 19.7. The lowest BCUT2D eigenvalue weighted by Crippen LogP contribution is -2.53. The normalized spacial score (nSPS) is 16.3. The van der Waals surface area contributed by atoms with Gasteiger partial charge in [-0.05, 0) is 23.8 Å². The largest absolute Gasteiger partial charge is 0.339 e. The Morgan fingerprint density at radius 2 is 1.77 bits per heavy atom. The second-order valence-corrected chi connectivity index (χ2v) is 11.2. The highest BCUT2D eigenvalue weighted by molar-refractivity contribution is 7.92. The highest BCUT2D eigenvalue weighted by Gasteiger charge is 2.28. The first kappa shape index (κ1) is 22.6. The van der Waals surface area contributed by atoms with Crippen LogP contribution in [-0.2, 0) is 26.6 Å². The summed E-state index contributed by atoms with van der Waals surface area (Å²) < 4.78 is 55.8. The molecular weight excluding hydrogens is 496 g/mol. The number of hydrogen-bond donors (Lipinski definition) is 3. The summed E-state index contributed by atoms with van der Waals surface area (Å²) in [6, 6.07) is 14.4. The number of benzene rings is 2. The van der Waals surface area contributed by atoms with Crippen LogP contribution in [0.15, 0.2) is 75.3 Å². The van der Waals surface area contributed by atoms with Crippen molar-refractivity contribution in [2.24, 2.45) is 0 Å². The Morgan fingerprint density at radius 3 is 2.49 bits per heavy atom. The van der Waals surface area contributed by atoms with E-state index in [1.165, 1.54) is 29.0 Å². The average molecular weight is 515 g/mol. The number of aromatic nitrogens is 3. The van der Waals surface area contributed by atoms with E-state index in [1.807, 2.05) is 30.3 Å². The van der Waals surface area contributed by atoms with Gasteiger partial charge in [0.15, 0.2) is 0 Å². The molecule has 0 bridgehead atoms. The van der Waals surface area contributed by atoms with Crippen LogP contribution in [0, 0.1) is 0 Å². The monoisotopic (exact) mass is 514 g/mol. The van der Waals surface area contributed by atoms with Crippen LogP contribution in [0.2, 0.25) is 0 Å². The molecule has 0 aliphatic carbocycles. The summed E-state index contributed by atoms with van der Waals surface area (Å²) in [6.45, 7) is 0.124. The van der Waals surface area contributed by atoms with E-state index in [9.17, 15) is 26.4 Å². The number of sulfonamides is 2. The number of rotatable bonds is 4. The van der Waals surface area contributed by atoms with Gasteiger partial charge in [0.25, 0.3) is 21.1 Å². The first-order valence-electron chi connectivity index (χ1n) is 10.1. The Labute approximate surface area is 198 Å². The molecule has 1 aliphatic heterocycles. The Morgan fingerprint density at radius 1 is 1.03 bits per heavy atom. The summed E-state index contributed by atoms with van der Waals surface area (Å²) in [5.41, 5.74) is -0.370. The van der Waals surface area contributed by atoms with Crippen molar-refractivity contribution < 1.29 is 16.8 Å². The molecule has 12 nitrogen and oxygen atoms in total. The standard InChI is InChI=1S/C21H18N6O6S2/c1-34(30,31)24-14-7-8-15-16(11-14)35(32,33)25-19(23-15)18-20(28)26(12-13-5-3-2-4-6-13)17-9-10-22-27(17)21(18)29/h2-11,23-25H,12H2,1H3/b19-18-. The Kier molecular flexibility index (Phi) is 5.14. The van der Waals surface area contributed by atoms with E-state index >= 15 is 0 Å². The Balaban J connectivity index is 1.73. The number of hydrogen-bond acceptors (Lipinski definition) is 8. The van der Waals surface area contributed by atoms with Crippen LogP contribution in [-0.4, -0.2) is 37.3 Å². The molecule has 0 saturated heterocycles. The molecule has 0 radical (unpaired) electrons. The number of fused-ring (bicyclic) bond motifs is 2. The molecule has 35 heavy (non-hydrogen) atoms. The minimum atomic E-state index is -4.26. The van der Waals surface area contributed by atoms with Gasteiger partial charge in [-0.3, -0.25) is 23.6 Å². The van der Waals surface area contributed by atoms with Gasteiger partial charge in [0.2, 0.25) is 10.0 Å². The molecule has 0 amide bonds. The van der Waals surface area contributed by atoms with E-state index in [0.717, 1.165) is 22.4 Å². The quantitative estimate of drug-likeness (QED) is 0.327. The lowest BCUT2D eigenvalue weighted by molar-refractivity contribution is 0.589. The predicted octanol–water partition coefficient (Wildman–Crippen LogP) is -0.535. The van der Waals surface area contributed by atoms with Crippen molar-refractivity contribution in [2.45, 2.75) is 11.4 Å². The summed E-state index contributed by atoms with van der Waals surface area (Å²) in [4.78, 5) is 26.4. The van der Waals surface area contributed by atoms with Crippen LogP contribution in [0.25, 0.3) is 11.5 Å². The van der Waals surface area contributed by atoms with Crippen molar-refractivity contribution in [3.05, 3.63) is 92.3 Å². The van der Waals surface area contributed by atoms with Crippen molar-refractivity contribution >= 4 is 42.9 Å². The van der Waals surface area contributed by atoms with Crippen LogP contribution in [0.4, 0.5) is 11.4 Å². The molecule has 0 fully saturated rings. The second kappa shape index (κ2) is 7.95. The van der Waals surface area contributed by atoms with Crippen molar-refractivity contribution in [3.8, 4) is 0 Å². The molecular formula is C21H18N6O6S2. The first-order chi connectivity index (χ1) is 16.5. The fraction of sp³-hybridized carbons (Fsp3) is 0.0952. The Bertz CT molecular complexity index is 1880. The van der Waals surface area contributed by atoms with E-state index < -0.39 is 36.4 Å². The minimum Gasteiger partial charge on any atom is -0.339 e. The highest BCUT2D eigenvalue weighted by atomic mass is 32.2. The van der Waals surface area contributed by atoms with Crippen molar-refractivity contribution in [3.63, 3.8) is 0 Å². The maximum absolute atomic E-state index is 13.5. The van der Waals surface area contributed by atoms with Gasteiger partial charge in [-0.15, -0.1) is 0 Å². The van der Waals surface area contributed by atoms with E-state index in [0.29, 0.717) is 0 Å². The minimum absolute atomic E-state index is 0.0366. The van der Waals surface area contributed by atoms with Gasteiger partial charge < -0.3 is 5.32 Å². The fourth-order valence-corrected chi connectivity index (χ4v) is 5.59. The molecule has 5 rings (SSSR count). The van der Waals surface area contributed by atoms with Crippen molar-refractivity contribution in [1.82, 2.24) is 18.9 Å². The number of nitrogens with one attached hydrogen (secondary N) is 3. The van der Waals surface area contributed by atoms with Gasteiger partial charge in [-0.1, -0.05) is 30.3 Å². The maximum atomic E-state index is 13.5. The topological polar surface area (TPSA) is 161 Å². The lowest BCUT2D eigenvalue weighted by Gasteiger charge is -2.23. The smallest absolute Gasteiger partial charge is 0.289 e. The third-order valence-corrected chi connectivity index (χ3v) is 7.26. The molecule has 2 aromatic carbocycles. The molecule has 180 valence electrons. The van der Waals surface area contributed by atoms with Crippen LogP contribution >= 0.6 is 0 Å². The van der Waals surface area contributed by atoms with E-state index in [4.69, 9.17) is 0 Å². The molecule has 0 atom stereocenters. The van der Waals surface area contributed by atoms with Gasteiger partial charge in [0, 0.05) is 11.8 Å². The van der Waals surface area contributed by atoms with E-state index in [2.05, 4.69) is 19.9 Å². The summed E-state index contributed by atoms with van der Waals surface area (Å²) in [6.07, 6.45) is 2.31. The molecule has 2 aromatic heterocycles. The van der Waals surface area contributed by atoms with Crippen LogP contribution in [0.3, 0.4) is 0 Å².